The second-order valence-corrected chi connectivity index (χ2v) is 6.65. The summed E-state index contributed by atoms with van der Waals surface area (Å²) in [5.74, 6) is -2.35. The van der Waals surface area contributed by atoms with E-state index in [4.69, 9.17) is 10.5 Å². The number of imide groups is 1. The van der Waals surface area contributed by atoms with Gasteiger partial charge < -0.3 is 10.5 Å². The van der Waals surface area contributed by atoms with Crippen molar-refractivity contribution in [3.8, 4) is 0 Å². The zero-order chi connectivity index (χ0) is 20.7. The summed E-state index contributed by atoms with van der Waals surface area (Å²) in [6, 6.07) is 16.4. The molecule has 0 aliphatic carbocycles. The van der Waals surface area contributed by atoms with E-state index in [0.29, 0.717) is 22.2 Å². The van der Waals surface area contributed by atoms with Gasteiger partial charge in [0.25, 0.3) is 17.7 Å². The monoisotopic (exact) mass is 388 g/mol. The number of hydrogen-bond donors (Lipinski definition) is 1. The maximum atomic E-state index is 13.0. The third-order valence-corrected chi connectivity index (χ3v) is 4.82. The van der Waals surface area contributed by atoms with E-state index in [9.17, 15) is 19.2 Å². The number of primary amides is 1. The Morgan fingerprint density at radius 2 is 1.45 bits per heavy atom. The lowest BCUT2D eigenvalue weighted by molar-refractivity contribution is -0.125. The Balaban J connectivity index is 1.67. The molecule has 4 rings (SSSR count). The molecule has 1 aliphatic rings. The lowest BCUT2D eigenvalue weighted by Crippen LogP contribution is -2.40. The van der Waals surface area contributed by atoms with Gasteiger partial charge in [0, 0.05) is 16.5 Å². The topological polar surface area (TPSA) is 107 Å². The van der Waals surface area contributed by atoms with Gasteiger partial charge in [-0.15, -0.1) is 0 Å². The molecule has 3 aromatic carbocycles. The van der Waals surface area contributed by atoms with E-state index >= 15 is 0 Å². The van der Waals surface area contributed by atoms with Crippen molar-refractivity contribution >= 4 is 40.2 Å². The van der Waals surface area contributed by atoms with Gasteiger partial charge in [-0.3, -0.25) is 14.4 Å². The number of rotatable bonds is 4. The highest BCUT2D eigenvalue weighted by atomic mass is 16.5. The Hall–Kier alpha value is -4.00. The lowest BCUT2D eigenvalue weighted by Gasteiger charge is -2.27. The van der Waals surface area contributed by atoms with Crippen LogP contribution in [0.3, 0.4) is 0 Å². The summed E-state index contributed by atoms with van der Waals surface area (Å²) in [5, 5.41) is 1.46. The fourth-order valence-electron chi connectivity index (χ4n) is 3.30. The van der Waals surface area contributed by atoms with Crippen molar-refractivity contribution in [3.05, 3.63) is 77.4 Å². The van der Waals surface area contributed by atoms with Crippen LogP contribution in [0.1, 0.15) is 38.0 Å². The highest BCUT2D eigenvalue weighted by Gasteiger charge is 2.33. The first-order chi connectivity index (χ1) is 13.9. The van der Waals surface area contributed by atoms with Crippen molar-refractivity contribution in [1.82, 2.24) is 0 Å². The highest BCUT2D eigenvalue weighted by Crippen LogP contribution is 2.32. The Bertz CT molecular complexity index is 1130. The van der Waals surface area contributed by atoms with Crippen molar-refractivity contribution < 1.29 is 23.9 Å². The number of carbonyl (C=O) groups excluding carboxylic acids is 4. The number of nitrogens with two attached hydrogens (primary N) is 1. The average Bonchev–Trinajstić information content (AvgIpc) is 2.72. The smallest absolute Gasteiger partial charge is 0.338 e. The van der Waals surface area contributed by atoms with Gasteiger partial charge in [-0.05, 0) is 48.7 Å². The average molecular weight is 388 g/mol. The zero-order valence-electron chi connectivity index (χ0n) is 15.4. The van der Waals surface area contributed by atoms with Crippen LogP contribution in [0.2, 0.25) is 0 Å². The van der Waals surface area contributed by atoms with Gasteiger partial charge in [0.2, 0.25) is 0 Å². The fraction of sp³-hybridized carbons (Fsp3) is 0.0909. The minimum absolute atomic E-state index is 0.168. The van der Waals surface area contributed by atoms with Gasteiger partial charge in [0.05, 0.1) is 11.3 Å². The van der Waals surface area contributed by atoms with Gasteiger partial charge in [-0.1, -0.05) is 24.3 Å². The van der Waals surface area contributed by atoms with Crippen molar-refractivity contribution in [3.63, 3.8) is 0 Å². The van der Waals surface area contributed by atoms with Gasteiger partial charge in [0.1, 0.15) is 0 Å². The first-order valence-corrected chi connectivity index (χ1v) is 8.89. The van der Waals surface area contributed by atoms with Crippen LogP contribution in [0, 0.1) is 0 Å². The number of benzene rings is 3. The molecule has 7 heteroatoms. The molecule has 29 heavy (non-hydrogen) atoms. The molecule has 0 spiro atoms. The number of anilines is 1. The number of amides is 3. The Labute approximate surface area is 165 Å². The third kappa shape index (κ3) is 3.02. The Morgan fingerprint density at radius 3 is 1.97 bits per heavy atom. The van der Waals surface area contributed by atoms with E-state index < -0.39 is 29.8 Å². The van der Waals surface area contributed by atoms with Crippen LogP contribution in [0.15, 0.2) is 60.7 Å². The molecule has 0 fully saturated rings. The van der Waals surface area contributed by atoms with Crippen LogP contribution >= 0.6 is 0 Å². The third-order valence-electron chi connectivity index (χ3n) is 4.82. The molecule has 0 aromatic heterocycles. The predicted molar refractivity (Wildman–Crippen MR) is 106 cm³/mol. The molecule has 1 atom stereocenters. The van der Waals surface area contributed by atoms with E-state index in [1.165, 1.54) is 31.2 Å². The van der Waals surface area contributed by atoms with Crippen molar-refractivity contribution in [2.45, 2.75) is 13.0 Å². The SMILES string of the molecule is C[C@H](OC(=O)c1ccc(N2C(=O)c3cccc4cccc(c34)C2=O)cc1)C(N)=O. The first-order valence-electron chi connectivity index (χ1n) is 8.89. The maximum Gasteiger partial charge on any atom is 0.338 e. The van der Waals surface area contributed by atoms with E-state index in [0.717, 1.165) is 10.3 Å². The fourth-order valence-corrected chi connectivity index (χ4v) is 3.30. The number of nitrogens with zero attached hydrogens (tertiary/aromatic N) is 1. The molecular formula is C22H16N2O5. The lowest BCUT2D eigenvalue weighted by atomic mass is 9.94. The van der Waals surface area contributed by atoms with Crippen LogP contribution in [0.4, 0.5) is 5.69 Å². The van der Waals surface area contributed by atoms with Gasteiger partial charge in [-0.2, -0.15) is 0 Å². The normalized spacial score (nSPS) is 14.0. The summed E-state index contributed by atoms with van der Waals surface area (Å²) < 4.78 is 4.95. The van der Waals surface area contributed by atoms with Crippen LogP contribution in [0.25, 0.3) is 10.8 Å². The van der Waals surface area contributed by atoms with Crippen molar-refractivity contribution in [2.24, 2.45) is 5.73 Å². The highest BCUT2D eigenvalue weighted by molar-refractivity contribution is 6.35. The maximum absolute atomic E-state index is 13.0. The van der Waals surface area contributed by atoms with Gasteiger partial charge >= 0.3 is 5.97 Å². The molecule has 0 unspecified atom stereocenters. The van der Waals surface area contributed by atoms with E-state index in [1.807, 2.05) is 12.1 Å². The predicted octanol–water partition coefficient (Wildman–Crippen LogP) is 2.67. The van der Waals surface area contributed by atoms with Crippen LogP contribution in [-0.4, -0.2) is 29.8 Å². The largest absolute Gasteiger partial charge is 0.449 e. The van der Waals surface area contributed by atoms with Crippen LogP contribution in [0.5, 0.6) is 0 Å². The summed E-state index contributed by atoms with van der Waals surface area (Å²) in [6.07, 6.45) is -1.07. The van der Waals surface area contributed by atoms with Crippen molar-refractivity contribution in [1.29, 1.82) is 0 Å². The summed E-state index contributed by atoms with van der Waals surface area (Å²) in [5.41, 5.74) is 6.46. The summed E-state index contributed by atoms with van der Waals surface area (Å²) in [7, 11) is 0. The van der Waals surface area contributed by atoms with Crippen molar-refractivity contribution in [2.75, 3.05) is 4.90 Å². The molecule has 144 valence electrons. The second kappa shape index (κ2) is 6.87. The zero-order valence-corrected chi connectivity index (χ0v) is 15.4. The molecule has 3 aromatic rings. The molecule has 1 heterocycles. The first kappa shape index (κ1) is 18.4. The number of carbonyl (C=O) groups is 4. The standard InChI is InChI=1S/C22H16N2O5/c1-12(19(23)25)29-22(28)14-8-10-15(11-9-14)24-20(26)16-6-2-4-13-5-3-7-17(18(13)16)21(24)27/h2-12H,1H3,(H2,23,25)/t12-/m0/s1. The molecule has 2 N–H and O–H groups in total. The molecule has 0 bridgehead atoms. The molecule has 1 aliphatic heterocycles. The Morgan fingerprint density at radius 1 is 0.897 bits per heavy atom. The number of ether oxygens (including phenoxy) is 1. The molecule has 0 saturated heterocycles. The van der Waals surface area contributed by atoms with E-state index in [2.05, 4.69) is 0 Å². The molecule has 3 amide bonds. The number of hydrogen-bond acceptors (Lipinski definition) is 5. The molecule has 0 saturated carbocycles. The molecule has 7 nitrogen and oxygen atoms in total. The van der Waals surface area contributed by atoms with Crippen LogP contribution in [-0.2, 0) is 9.53 Å². The van der Waals surface area contributed by atoms with Gasteiger partial charge in [0.15, 0.2) is 6.10 Å². The number of esters is 1. The van der Waals surface area contributed by atoms with Gasteiger partial charge in [-0.25, -0.2) is 9.69 Å². The quantitative estimate of drug-likeness (QED) is 0.546. The summed E-state index contributed by atoms with van der Waals surface area (Å²) in [6.45, 7) is 1.37. The minimum Gasteiger partial charge on any atom is -0.449 e. The Kier molecular flexibility index (Phi) is 4.35. The minimum atomic E-state index is -1.07. The van der Waals surface area contributed by atoms with E-state index in [1.54, 1.807) is 24.3 Å². The van der Waals surface area contributed by atoms with E-state index in [-0.39, 0.29) is 5.56 Å². The summed E-state index contributed by atoms with van der Waals surface area (Å²) >= 11 is 0. The van der Waals surface area contributed by atoms with Crippen LogP contribution < -0.4 is 10.6 Å². The molecule has 0 radical (unpaired) electrons. The molecular weight excluding hydrogens is 372 g/mol. The second-order valence-electron chi connectivity index (χ2n) is 6.65. The summed E-state index contributed by atoms with van der Waals surface area (Å²) in [4.78, 5) is 50.2.